The SMILES string of the molecule is CC[C@H](NS(=O)(=O)c1cnn(C)c1)c1ccccc1. The van der Waals surface area contributed by atoms with Crippen LogP contribution in [-0.2, 0) is 17.1 Å². The first-order chi connectivity index (χ1) is 9.03. The van der Waals surface area contributed by atoms with Crippen molar-refractivity contribution in [3.8, 4) is 0 Å². The van der Waals surface area contributed by atoms with E-state index >= 15 is 0 Å². The summed E-state index contributed by atoms with van der Waals surface area (Å²) in [7, 11) is -1.84. The second-order valence-corrected chi connectivity index (χ2v) is 6.06. The first kappa shape index (κ1) is 13.8. The van der Waals surface area contributed by atoms with Gasteiger partial charge < -0.3 is 0 Å². The lowest BCUT2D eigenvalue weighted by Gasteiger charge is -2.16. The van der Waals surface area contributed by atoms with Gasteiger partial charge in [-0.2, -0.15) is 5.10 Å². The van der Waals surface area contributed by atoms with Crippen molar-refractivity contribution < 1.29 is 8.42 Å². The zero-order valence-electron chi connectivity index (χ0n) is 10.9. The Morgan fingerprint density at radius 3 is 2.53 bits per heavy atom. The Hall–Kier alpha value is -1.66. The number of hydrogen-bond donors (Lipinski definition) is 1. The summed E-state index contributed by atoms with van der Waals surface area (Å²) in [6.07, 6.45) is 3.52. The van der Waals surface area contributed by atoms with E-state index in [9.17, 15) is 8.42 Å². The van der Waals surface area contributed by atoms with Crippen LogP contribution in [0.4, 0.5) is 0 Å². The Balaban J connectivity index is 2.23. The van der Waals surface area contributed by atoms with Crippen LogP contribution >= 0.6 is 0 Å². The van der Waals surface area contributed by atoms with Gasteiger partial charge in [0.2, 0.25) is 10.0 Å². The van der Waals surface area contributed by atoms with E-state index in [-0.39, 0.29) is 10.9 Å². The standard InChI is InChI=1S/C13H17N3O2S/c1-3-13(11-7-5-4-6-8-11)15-19(17,18)12-9-14-16(2)10-12/h4-10,13,15H,3H2,1-2H3/t13-/m0/s1. The molecule has 0 aliphatic carbocycles. The minimum absolute atomic E-state index is 0.185. The molecule has 0 fully saturated rings. The highest BCUT2D eigenvalue weighted by molar-refractivity contribution is 7.89. The third kappa shape index (κ3) is 3.21. The van der Waals surface area contributed by atoms with E-state index in [1.54, 1.807) is 7.05 Å². The zero-order valence-corrected chi connectivity index (χ0v) is 11.8. The lowest BCUT2D eigenvalue weighted by molar-refractivity contribution is 0.550. The van der Waals surface area contributed by atoms with Gasteiger partial charge in [-0.3, -0.25) is 4.68 Å². The van der Waals surface area contributed by atoms with E-state index in [2.05, 4.69) is 9.82 Å². The van der Waals surface area contributed by atoms with Crippen molar-refractivity contribution in [3.05, 3.63) is 48.3 Å². The zero-order chi connectivity index (χ0) is 13.9. The van der Waals surface area contributed by atoms with Gasteiger partial charge in [0.15, 0.2) is 0 Å². The number of benzene rings is 1. The molecule has 19 heavy (non-hydrogen) atoms. The Bertz CT molecular complexity index is 635. The van der Waals surface area contributed by atoms with E-state index in [0.717, 1.165) is 5.56 Å². The molecule has 1 heterocycles. The molecule has 102 valence electrons. The maximum absolute atomic E-state index is 12.2. The Labute approximate surface area is 113 Å². The number of rotatable bonds is 5. The van der Waals surface area contributed by atoms with Crippen molar-refractivity contribution in [1.29, 1.82) is 0 Å². The number of aromatic nitrogens is 2. The van der Waals surface area contributed by atoms with Gasteiger partial charge in [0.25, 0.3) is 0 Å². The maximum atomic E-state index is 12.2. The molecule has 6 heteroatoms. The quantitative estimate of drug-likeness (QED) is 0.908. The van der Waals surface area contributed by atoms with Crippen LogP contribution in [0.1, 0.15) is 24.9 Å². The molecule has 2 rings (SSSR count). The average molecular weight is 279 g/mol. The lowest BCUT2D eigenvalue weighted by Crippen LogP contribution is -2.28. The van der Waals surface area contributed by atoms with Gasteiger partial charge in [0.05, 0.1) is 6.20 Å². The maximum Gasteiger partial charge on any atom is 0.244 e. The highest BCUT2D eigenvalue weighted by Gasteiger charge is 2.21. The normalized spacial score (nSPS) is 13.4. The van der Waals surface area contributed by atoms with Crippen LogP contribution < -0.4 is 4.72 Å². The molecule has 0 saturated heterocycles. The van der Waals surface area contributed by atoms with Crippen molar-refractivity contribution in [2.45, 2.75) is 24.3 Å². The van der Waals surface area contributed by atoms with Gasteiger partial charge in [-0.15, -0.1) is 0 Å². The molecule has 1 N–H and O–H groups in total. The molecule has 0 spiro atoms. The van der Waals surface area contributed by atoms with Crippen molar-refractivity contribution in [3.63, 3.8) is 0 Å². The van der Waals surface area contributed by atoms with Crippen LogP contribution in [0.5, 0.6) is 0 Å². The van der Waals surface area contributed by atoms with Gasteiger partial charge >= 0.3 is 0 Å². The van der Waals surface area contributed by atoms with Gasteiger partial charge in [0.1, 0.15) is 4.90 Å². The second kappa shape index (κ2) is 5.54. The van der Waals surface area contributed by atoms with Crippen LogP contribution in [0, 0.1) is 0 Å². The fraction of sp³-hybridized carbons (Fsp3) is 0.308. The van der Waals surface area contributed by atoms with E-state index < -0.39 is 10.0 Å². The van der Waals surface area contributed by atoms with E-state index in [4.69, 9.17) is 0 Å². The summed E-state index contributed by atoms with van der Waals surface area (Å²) in [5.74, 6) is 0. The van der Waals surface area contributed by atoms with Crippen LogP contribution in [0.15, 0.2) is 47.6 Å². The molecule has 0 saturated carbocycles. The van der Waals surface area contributed by atoms with Crippen molar-refractivity contribution in [2.24, 2.45) is 7.05 Å². The highest BCUT2D eigenvalue weighted by atomic mass is 32.2. The van der Waals surface area contributed by atoms with Gasteiger partial charge in [-0.25, -0.2) is 13.1 Å². The molecular formula is C13H17N3O2S. The fourth-order valence-corrected chi connectivity index (χ4v) is 3.16. The summed E-state index contributed by atoms with van der Waals surface area (Å²) in [5.41, 5.74) is 0.956. The topological polar surface area (TPSA) is 64.0 Å². The van der Waals surface area contributed by atoms with Crippen molar-refractivity contribution in [2.75, 3.05) is 0 Å². The van der Waals surface area contributed by atoms with Gasteiger partial charge in [-0.05, 0) is 12.0 Å². The summed E-state index contributed by atoms with van der Waals surface area (Å²) < 4.78 is 28.6. The molecule has 5 nitrogen and oxygen atoms in total. The van der Waals surface area contributed by atoms with Gasteiger partial charge in [-0.1, -0.05) is 37.3 Å². The number of aryl methyl sites for hydroxylation is 1. The molecule has 0 aliphatic rings. The Morgan fingerprint density at radius 1 is 1.32 bits per heavy atom. The summed E-state index contributed by atoms with van der Waals surface area (Å²) in [6, 6.07) is 9.31. The van der Waals surface area contributed by atoms with Crippen molar-refractivity contribution in [1.82, 2.24) is 14.5 Å². The van der Waals surface area contributed by atoms with Gasteiger partial charge in [0, 0.05) is 19.3 Å². The molecule has 1 atom stereocenters. The van der Waals surface area contributed by atoms with E-state index in [0.29, 0.717) is 6.42 Å². The average Bonchev–Trinajstić information content (AvgIpc) is 2.85. The third-order valence-corrected chi connectivity index (χ3v) is 4.33. The molecule has 2 aromatic rings. The Morgan fingerprint density at radius 2 is 2.00 bits per heavy atom. The monoisotopic (exact) mass is 279 g/mol. The summed E-state index contributed by atoms with van der Waals surface area (Å²) in [6.45, 7) is 1.95. The molecule has 1 aromatic carbocycles. The minimum atomic E-state index is -3.53. The molecule has 1 aromatic heterocycles. The smallest absolute Gasteiger partial charge is 0.244 e. The van der Waals surface area contributed by atoms with Crippen LogP contribution in [0.3, 0.4) is 0 Å². The summed E-state index contributed by atoms with van der Waals surface area (Å²) >= 11 is 0. The Kier molecular flexibility index (Phi) is 4.01. The summed E-state index contributed by atoms with van der Waals surface area (Å²) in [5, 5.41) is 3.89. The minimum Gasteiger partial charge on any atom is -0.274 e. The van der Waals surface area contributed by atoms with Crippen LogP contribution in [-0.4, -0.2) is 18.2 Å². The molecule has 0 aliphatic heterocycles. The van der Waals surface area contributed by atoms with E-state index in [1.165, 1.54) is 17.1 Å². The number of sulfonamides is 1. The summed E-state index contributed by atoms with van der Waals surface area (Å²) in [4.78, 5) is 0.185. The van der Waals surface area contributed by atoms with Crippen LogP contribution in [0.25, 0.3) is 0 Å². The largest absolute Gasteiger partial charge is 0.274 e. The predicted molar refractivity (Wildman–Crippen MR) is 73.0 cm³/mol. The number of nitrogens with one attached hydrogen (secondary N) is 1. The van der Waals surface area contributed by atoms with Crippen molar-refractivity contribution >= 4 is 10.0 Å². The number of hydrogen-bond acceptors (Lipinski definition) is 3. The lowest BCUT2D eigenvalue weighted by atomic mass is 10.1. The molecule has 0 unspecified atom stereocenters. The molecular weight excluding hydrogens is 262 g/mol. The number of nitrogens with zero attached hydrogens (tertiary/aromatic N) is 2. The molecule has 0 amide bonds. The first-order valence-electron chi connectivity index (χ1n) is 6.09. The van der Waals surface area contributed by atoms with Crippen LogP contribution in [0.2, 0.25) is 0 Å². The predicted octanol–water partition coefficient (Wildman–Crippen LogP) is 1.85. The van der Waals surface area contributed by atoms with E-state index in [1.807, 2.05) is 37.3 Å². The molecule has 0 bridgehead atoms. The second-order valence-electron chi connectivity index (χ2n) is 4.34. The fourth-order valence-electron chi connectivity index (χ4n) is 1.87. The third-order valence-electron chi connectivity index (χ3n) is 2.90. The molecule has 0 radical (unpaired) electrons. The highest BCUT2D eigenvalue weighted by Crippen LogP contribution is 2.19. The first-order valence-corrected chi connectivity index (χ1v) is 7.57.